The molecule has 0 saturated carbocycles. The summed E-state index contributed by atoms with van der Waals surface area (Å²) in [6.07, 6.45) is 0. The second-order valence-corrected chi connectivity index (χ2v) is 6.91. The van der Waals surface area contributed by atoms with E-state index in [9.17, 15) is 0 Å². The van der Waals surface area contributed by atoms with Crippen LogP contribution in [0.15, 0.2) is 54.6 Å². The lowest BCUT2D eigenvalue weighted by Gasteiger charge is -2.24. The van der Waals surface area contributed by atoms with Gasteiger partial charge in [-0.05, 0) is 33.2 Å². The lowest BCUT2D eigenvalue weighted by molar-refractivity contribution is -0.00679. The molecule has 3 aromatic carbocycles. The maximum atomic E-state index is 5.74. The highest BCUT2D eigenvalue weighted by atomic mass is 16.5. The average Bonchev–Trinajstić information content (AvgIpc) is 2.69. The van der Waals surface area contributed by atoms with Gasteiger partial charge in [0.15, 0.2) is 0 Å². The summed E-state index contributed by atoms with van der Waals surface area (Å²) in [5.41, 5.74) is 1.39. The van der Waals surface area contributed by atoms with Gasteiger partial charge < -0.3 is 14.2 Å². The van der Waals surface area contributed by atoms with Crippen LogP contribution in [0.2, 0.25) is 0 Å². The SMILES string of the molecule is c1ccc2c(CN3CCOCCOCCOCC3)c3ccccc3cc2c1. The second kappa shape index (κ2) is 9.29. The number of nitrogens with zero attached hydrogens (tertiary/aromatic N) is 1. The van der Waals surface area contributed by atoms with Crippen molar-refractivity contribution in [2.75, 3.05) is 52.7 Å². The maximum absolute atomic E-state index is 5.74. The highest BCUT2D eigenvalue weighted by molar-refractivity contribution is 6.02. The molecule has 3 aromatic rings. The van der Waals surface area contributed by atoms with Crippen LogP contribution in [0, 0.1) is 0 Å². The molecule has 0 atom stereocenters. The first kappa shape index (κ1) is 18.4. The van der Waals surface area contributed by atoms with Gasteiger partial charge in [0.2, 0.25) is 0 Å². The molecule has 0 aromatic heterocycles. The van der Waals surface area contributed by atoms with Crippen molar-refractivity contribution in [2.24, 2.45) is 0 Å². The molecule has 27 heavy (non-hydrogen) atoms. The van der Waals surface area contributed by atoms with Gasteiger partial charge in [-0.25, -0.2) is 0 Å². The van der Waals surface area contributed by atoms with Gasteiger partial charge in [0.1, 0.15) is 0 Å². The van der Waals surface area contributed by atoms with E-state index in [1.165, 1.54) is 27.1 Å². The molecule has 1 aliphatic heterocycles. The third-order valence-electron chi connectivity index (χ3n) is 5.11. The van der Waals surface area contributed by atoms with Crippen molar-refractivity contribution < 1.29 is 14.2 Å². The molecule has 4 rings (SSSR count). The van der Waals surface area contributed by atoms with Crippen molar-refractivity contribution in [1.82, 2.24) is 4.90 Å². The Morgan fingerprint density at radius 2 is 1.11 bits per heavy atom. The summed E-state index contributed by atoms with van der Waals surface area (Å²) in [6, 6.07) is 19.6. The van der Waals surface area contributed by atoms with Crippen LogP contribution in [-0.2, 0) is 20.8 Å². The minimum absolute atomic E-state index is 0.636. The Kier molecular flexibility index (Phi) is 6.32. The monoisotopic (exact) mass is 365 g/mol. The lowest BCUT2D eigenvalue weighted by atomic mass is 9.96. The van der Waals surface area contributed by atoms with Crippen LogP contribution < -0.4 is 0 Å². The molecule has 1 heterocycles. The standard InChI is InChI=1S/C23H27NO3/c1-3-7-21-19(5-1)17-20-6-2-4-8-22(20)23(21)18-24-9-11-25-13-15-27-16-14-26-12-10-24/h1-8,17H,9-16,18H2. The fourth-order valence-electron chi connectivity index (χ4n) is 3.70. The Morgan fingerprint density at radius 3 is 1.67 bits per heavy atom. The van der Waals surface area contributed by atoms with Gasteiger partial charge >= 0.3 is 0 Å². The highest BCUT2D eigenvalue weighted by Gasteiger charge is 2.13. The molecule has 0 radical (unpaired) electrons. The molecule has 142 valence electrons. The predicted octanol–water partition coefficient (Wildman–Crippen LogP) is 3.86. The zero-order valence-electron chi connectivity index (χ0n) is 15.7. The first-order valence-electron chi connectivity index (χ1n) is 9.77. The van der Waals surface area contributed by atoms with Crippen LogP contribution in [0.1, 0.15) is 5.56 Å². The van der Waals surface area contributed by atoms with E-state index in [1.807, 2.05) is 0 Å². The molecule has 4 heteroatoms. The summed E-state index contributed by atoms with van der Waals surface area (Å²) in [5, 5.41) is 5.26. The second-order valence-electron chi connectivity index (χ2n) is 6.91. The minimum atomic E-state index is 0.636. The Bertz CT molecular complexity index is 814. The van der Waals surface area contributed by atoms with Gasteiger partial charge in [0.25, 0.3) is 0 Å². The summed E-state index contributed by atoms with van der Waals surface area (Å²) in [6.45, 7) is 6.66. The van der Waals surface area contributed by atoms with Gasteiger partial charge in [-0.2, -0.15) is 0 Å². The molecule has 1 fully saturated rings. The number of hydrogen-bond acceptors (Lipinski definition) is 4. The Hall–Kier alpha value is -1.98. The van der Waals surface area contributed by atoms with Crippen molar-refractivity contribution in [2.45, 2.75) is 6.54 Å². The van der Waals surface area contributed by atoms with E-state index < -0.39 is 0 Å². The summed E-state index contributed by atoms with van der Waals surface area (Å²) >= 11 is 0. The molecule has 0 spiro atoms. The van der Waals surface area contributed by atoms with Crippen LogP contribution in [0.5, 0.6) is 0 Å². The van der Waals surface area contributed by atoms with E-state index in [0.717, 1.165) is 19.6 Å². The maximum Gasteiger partial charge on any atom is 0.0701 e. The third-order valence-corrected chi connectivity index (χ3v) is 5.11. The summed E-state index contributed by atoms with van der Waals surface area (Å²) in [4.78, 5) is 2.44. The normalized spacial score (nSPS) is 18.2. The molecule has 0 aliphatic carbocycles. The smallest absolute Gasteiger partial charge is 0.0701 e. The Balaban J connectivity index is 1.62. The Morgan fingerprint density at radius 1 is 0.630 bits per heavy atom. The molecule has 1 aliphatic rings. The van der Waals surface area contributed by atoms with Crippen LogP contribution in [0.4, 0.5) is 0 Å². The molecule has 0 N–H and O–H groups in total. The van der Waals surface area contributed by atoms with Crippen LogP contribution in [0.25, 0.3) is 21.5 Å². The van der Waals surface area contributed by atoms with Gasteiger partial charge in [-0.1, -0.05) is 48.5 Å². The largest absolute Gasteiger partial charge is 0.378 e. The lowest BCUT2D eigenvalue weighted by Crippen LogP contribution is -2.32. The van der Waals surface area contributed by atoms with E-state index in [1.54, 1.807) is 0 Å². The first-order chi connectivity index (χ1) is 13.4. The third kappa shape index (κ3) is 4.66. The van der Waals surface area contributed by atoms with Crippen LogP contribution >= 0.6 is 0 Å². The topological polar surface area (TPSA) is 30.9 Å². The van der Waals surface area contributed by atoms with Gasteiger partial charge in [-0.3, -0.25) is 4.90 Å². The van der Waals surface area contributed by atoms with Gasteiger partial charge in [0, 0.05) is 19.6 Å². The van der Waals surface area contributed by atoms with E-state index in [2.05, 4.69) is 59.5 Å². The van der Waals surface area contributed by atoms with Gasteiger partial charge in [0.05, 0.1) is 39.6 Å². The molecule has 4 nitrogen and oxygen atoms in total. The van der Waals surface area contributed by atoms with Crippen molar-refractivity contribution in [1.29, 1.82) is 0 Å². The van der Waals surface area contributed by atoms with Gasteiger partial charge in [-0.15, -0.1) is 0 Å². The highest BCUT2D eigenvalue weighted by Crippen LogP contribution is 2.29. The molecule has 0 amide bonds. The van der Waals surface area contributed by atoms with Crippen molar-refractivity contribution in [3.63, 3.8) is 0 Å². The van der Waals surface area contributed by atoms with E-state index in [0.29, 0.717) is 39.6 Å². The van der Waals surface area contributed by atoms with Crippen molar-refractivity contribution in [3.05, 3.63) is 60.2 Å². The molecular formula is C23H27NO3. The van der Waals surface area contributed by atoms with E-state index in [-0.39, 0.29) is 0 Å². The zero-order valence-corrected chi connectivity index (χ0v) is 15.7. The van der Waals surface area contributed by atoms with E-state index >= 15 is 0 Å². The molecule has 1 saturated heterocycles. The summed E-state index contributed by atoms with van der Waals surface area (Å²) < 4.78 is 16.9. The number of rotatable bonds is 2. The number of fused-ring (bicyclic) bond motifs is 2. The molecule has 0 unspecified atom stereocenters. The Labute approximate surface area is 160 Å². The first-order valence-corrected chi connectivity index (χ1v) is 9.77. The molecular weight excluding hydrogens is 338 g/mol. The quantitative estimate of drug-likeness (QED) is 0.646. The number of benzene rings is 3. The van der Waals surface area contributed by atoms with E-state index in [4.69, 9.17) is 14.2 Å². The fourth-order valence-corrected chi connectivity index (χ4v) is 3.70. The number of hydrogen-bond donors (Lipinski definition) is 0. The van der Waals surface area contributed by atoms with Crippen molar-refractivity contribution in [3.8, 4) is 0 Å². The van der Waals surface area contributed by atoms with Crippen LogP contribution in [0.3, 0.4) is 0 Å². The fraction of sp³-hybridized carbons (Fsp3) is 0.391. The minimum Gasteiger partial charge on any atom is -0.378 e. The average molecular weight is 365 g/mol. The molecule has 0 bridgehead atoms. The number of ether oxygens (including phenoxy) is 3. The van der Waals surface area contributed by atoms with Crippen LogP contribution in [-0.4, -0.2) is 57.6 Å². The predicted molar refractivity (Wildman–Crippen MR) is 109 cm³/mol. The summed E-state index contributed by atoms with van der Waals surface area (Å²) in [7, 11) is 0. The zero-order chi connectivity index (χ0) is 18.3. The summed E-state index contributed by atoms with van der Waals surface area (Å²) in [5.74, 6) is 0. The van der Waals surface area contributed by atoms with Crippen molar-refractivity contribution >= 4 is 21.5 Å².